The van der Waals surface area contributed by atoms with Crippen molar-refractivity contribution in [2.45, 2.75) is 20.8 Å². The Morgan fingerprint density at radius 3 is 2.50 bits per heavy atom. The fraction of sp³-hybridized carbons (Fsp3) is 0.273. The molecule has 2 N–H and O–H groups in total. The Hall–Kier alpha value is -3.28. The second kappa shape index (κ2) is 10.2. The first kappa shape index (κ1) is 21.0. The van der Waals surface area contributed by atoms with Crippen molar-refractivity contribution in [1.82, 2.24) is 5.43 Å². The van der Waals surface area contributed by atoms with E-state index in [2.05, 4.69) is 41.5 Å². The number of hydrogen-bond donors (Lipinski definition) is 2. The molecular weight excluding hydrogens is 354 g/mol. The molecular formula is C22H27N3O3. The Kier molecular flexibility index (Phi) is 7.63. The zero-order valence-corrected chi connectivity index (χ0v) is 16.8. The van der Waals surface area contributed by atoms with Crippen LogP contribution in [0.4, 0.5) is 5.69 Å². The maximum absolute atomic E-state index is 12.1. The van der Waals surface area contributed by atoms with Gasteiger partial charge in [-0.15, -0.1) is 0 Å². The van der Waals surface area contributed by atoms with E-state index in [1.807, 2.05) is 19.9 Å². The molecule has 1 amide bonds. The number of carbonyl (C=O) groups is 1. The summed E-state index contributed by atoms with van der Waals surface area (Å²) < 4.78 is 10.8. The molecule has 0 saturated heterocycles. The van der Waals surface area contributed by atoms with Crippen molar-refractivity contribution in [1.29, 1.82) is 0 Å². The molecule has 0 atom stereocenters. The van der Waals surface area contributed by atoms with Gasteiger partial charge in [0.15, 0.2) is 11.5 Å². The zero-order valence-electron chi connectivity index (χ0n) is 16.8. The van der Waals surface area contributed by atoms with Crippen molar-refractivity contribution in [3.63, 3.8) is 0 Å². The van der Waals surface area contributed by atoms with Gasteiger partial charge in [0.1, 0.15) is 6.61 Å². The molecule has 28 heavy (non-hydrogen) atoms. The van der Waals surface area contributed by atoms with E-state index in [1.54, 1.807) is 31.5 Å². The highest BCUT2D eigenvalue weighted by Gasteiger charge is 2.07. The van der Waals surface area contributed by atoms with Crippen molar-refractivity contribution < 1.29 is 14.3 Å². The van der Waals surface area contributed by atoms with Crippen molar-refractivity contribution in [2.75, 3.05) is 25.6 Å². The predicted octanol–water partition coefficient (Wildman–Crippen LogP) is 3.75. The molecule has 0 saturated carbocycles. The van der Waals surface area contributed by atoms with Gasteiger partial charge in [0.25, 0.3) is 5.91 Å². The highest BCUT2D eigenvalue weighted by molar-refractivity contribution is 5.85. The molecule has 0 aliphatic rings. The van der Waals surface area contributed by atoms with Crippen LogP contribution in [0, 0.1) is 20.8 Å². The molecule has 148 valence electrons. The Morgan fingerprint density at radius 1 is 1.14 bits per heavy atom. The van der Waals surface area contributed by atoms with Crippen LogP contribution in [-0.4, -0.2) is 32.4 Å². The van der Waals surface area contributed by atoms with Crippen LogP contribution in [0.3, 0.4) is 0 Å². The molecule has 2 aromatic rings. The van der Waals surface area contributed by atoms with Crippen molar-refractivity contribution in [2.24, 2.45) is 5.10 Å². The molecule has 0 radical (unpaired) electrons. The fourth-order valence-corrected chi connectivity index (χ4v) is 2.88. The van der Waals surface area contributed by atoms with Crippen LogP contribution in [0.2, 0.25) is 0 Å². The minimum atomic E-state index is -0.228. The van der Waals surface area contributed by atoms with Crippen molar-refractivity contribution in [3.05, 3.63) is 65.2 Å². The number of nitrogens with one attached hydrogen (secondary N) is 2. The van der Waals surface area contributed by atoms with Gasteiger partial charge in [-0.05, 0) is 55.7 Å². The SMILES string of the molecule is C=CCOc1ccc(/C=N\NC(=O)CNc2c(C)cc(C)cc2C)cc1OC. The lowest BCUT2D eigenvalue weighted by molar-refractivity contribution is -0.119. The third kappa shape index (κ3) is 5.87. The Balaban J connectivity index is 1.92. The number of anilines is 1. The molecule has 2 rings (SSSR count). The molecule has 0 aromatic heterocycles. The zero-order chi connectivity index (χ0) is 20.5. The summed E-state index contributed by atoms with van der Waals surface area (Å²) in [5, 5.41) is 7.17. The van der Waals surface area contributed by atoms with E-state index in [1.165, 1.54) is 5.56 Å². The topological polar surface area (TPSA) is 72.0 Å². The average Bonchev–Trinajstić information content (AvgIpc) is 2.65. The van der Waals surface area contributed by atoms with E-state index < -0.39 is 0 Å². The number of benzene rings is 2. The molecule has 6 heteroatoms. The van der Waals surface area contributed by atoms with Gasteiger partial charge in [-0.1, -0.05) is 30.4 Å². The van der Waals surface area contributed by atoms with E-state index in [4.69, 9.17) is 9.47 Å². The van der Waals surface area contributed by atoms with Gasteiger partial charge < -0.3 is 14.8 Å². The number of methoxy groups -OCH3 is 1. The highest BCUT2D eigenvalue weighted by atomic mass is 16.5. The lowest BCUT2D eigenvalue weighted by atomic mass is 10.1. The lowest BCUT2D eigenvalue weighted by Gasteiger charge is -2.13. The number of nitrogens with zero attached hydrogens (tertiary/aromatic N) is 1. The highest BCUT2D eigenvalue weighted by Crippen LogP contribution is 2.27. The standard InChI is InChI=1S/C22H27N3O3/c1-6-9-28-19-8-7-18(12-20(19)27-5)13-24-25-21(26)14-23-22-16(3)10-15(2)11-17(22)4/h6-8,10-13,23H,1,9,14H2,2-5H3,(H,25,26)/b24-13-. The third-order valence-corrected chi connectivity index (χ3v) is 4.05. The first-order valence-corrected chi connectivity index (χ1v) is 9.00. The summed E-state index contributed by atoms with van der Waals surface area (Å²) in [6, 6.07) is 9.57. The maximum atomic E-state index is 12.1. The second-order valence-corrected chi connectivity index (χ2v) is 6.43. The molecule has 0 unspecified atom stereocenters. The van der Waals surface area contributed by atoms with E-state index >= 15 is 0 Å². The number of hydrazone groups is 1. The lowest BCUT2D eigenvalue weighted by Crippen LogP contribution is -2.26. The van der Waals surface area contributed by atoms with Crippen molar-refractivity contribution >= 4 is 17.8 Å². The van der Waals surface area contributed by atoms with Gasteiger partial charge in [-0.2, -0.15) is 5.10 Å². The van der Waals surface area contributed by atoms with Gasteiger partial charge in [0.05, 0.1) is 19.9 Å². The van der Waals surface area contributed by atoms with Gasteiger partial charge >= 0.3 is 0 Å². The average molecular weight is 381 g/mol. The van der Waals surface area contributed by atoms with Crippen LogP contribution in [0.5, 0.6) is 11.5 Å². The normalized spacial score (nSPS) is 10.6. The largest absolute Gasteiger partial charge is 0.493 e. The summed E-state index contributed by atoms with van der Waals surface area (Å²) >= 11 is 0. The van der Waals surface area contributed by atoms with Crippen LogP contribution in [0.25, 0.3) is 0 Å². The molecule has 0 spiro atoms. The molecule has 2 aromatic carbocycles. The fourth-order valence-electron chi connectivity index (χ4n) is 2.88. The summed E-state index contributed by atoms with van der Waals surface area (Å²) in [4.78, 5) is 12.1. The summed E-state index contributed by atoms with van der Waals surface area (Å²) in [5.41, 5.74) is 7.70. The van der Waals surface area contributed by atoms with Gasteiger partial charge in [-0.25, -0.2) is 5.43 Å². The Labute approximate surface area is 166 Å². The molecule has 6 nitrogen and oxygen atoms in total. The number of carbonyl (C=O) groups excluding carboxylic acids is 1. The molecule has 0 aliphatic carbocycles. The van der Waals surface area contributed by atoms with E-state index in [-0.39, 0.29) is 12.5 Å². The van der Waals surface area contributed by atoms with Crippen LogP contribution in [-0.2, 0) is 4.79 Å². The maximum Gasteiger partial charge on any atom is 0.259 e. The monoisotopic (exact) mass is 381 g/mol. The summed E-state index contributed by atoms with van der Waals surface area (Å²) in [7, 11) is 1.57. The molecule has 0 aliphatic heterocycles. The van der Waals surface area contributed by atoms with Crippen LogP contribution < -0.4 is 20.2 Å². The third-order valence-electron chi connectivity index (χ3n) is 4.05. The van der Waals surface area contributed by atoms with Gasteiger partial charge in [0, 0.05) is 5.69 Å². The molecule has 0 bridgehead atoms. The van der Waals surface area contributed by atoms with E-state index in [9.17, 15) is 4.79 Å². The summed E-state index contributed by atoms with van der Waals surface area (Å²) in [6.07, 6.45) is 3.22. The first-order valence-electron chi connectivity index (χ1n) is 9.00. The van der Waals surface area contributed by atoms with Crippen LogP contribution >= 0.6 is 0 Å². The minimum absolute atomic E-state index is 0.139. The molecule has 0 heterocycles. The number of aryl methyl sites for hydroxylation is 3. The minimum Gasteiger partial charge on any atom is -0.493 e. The Bertz CT molecular complexity index is 852. The number of rotatable bonds is 9. The molecule has 0 fully saturated rings. The van der Waals surface area contributed by atoms with Crippen LogP contribution in [0.15, 0.2) is 48.1 Å². The van der Waals surface area contributed by atoms with Crippen molar-refractivity contribution in [3.8, 4) is 11.5 Å². The van der Waals surface area contributed by atoms with Crippen LogP contribution in [0.1, 0.15) is 22.3 Å². The summed E-state index contributed by atoms with van der Waals surface area (Å²) in [6.45, 7) is 10.3. The number of ether oxygens (including phenoxy) is 2. The smallest absolute Gasteiger partial charge is 0.259 e. The first-order chi connectivity index (χ1) is 13.4. The Morgan fingerprint density at radius 2 is 1.86 bits per heavy atom. The predicted molar refractivity (Wildman–Crippen MR) is 114 cm³/mol. The van der Waals surface area contributed by atoms with Gasteiger partial charge in [0.2, 0.25) is 0 Å². The quantitative estimate of drug-likeness (QED) is 0.394. The summed E-state index contributed by atoms with van der Waals surface area (Å²) in [5.74, 6) is 0.981. The number of hydrogen-bond acceptors (Lipinski definition) is 5. The second-order valence-electron chi connectivity index (χ2n) is 6.43. The number of amides is 1. The van der Waals surface area contributed by atoms with Gasteiger partial charge in [-0.3, -0.25) is 4.79 Å². The van der Waals surface area contributed by atoms with E-state index in [0.717, 1.165) is 22.4 Å². The van der Waals surface area contributed by atoms with E-state index in [0.29, 0.717) is 18.1 Å².